The van der Waals surface area contributed by atoms with E-state index in [2.05, 4.69) is 4.90 Å². The van der Waals surface area contributed by atoms with Gasteiger partial charge in [-0.2, -0.15) is 0 Å². The first-order valence-electron chi connectivity index (χ1n) is 4.39. The third-order valence-corrected chi connectivity index (χ3v) is 2.87. The molecule has 3 nitrogen and oxygen atoms in total. The summed E-state index contributed by atoms with van der Waals surface area (Å²) in [4.78, 5) is 2.21. The zero-order valence-corrected chi connectivity index (χ0v) is 6.61. The van der Waals surface area contributed by atoms with Gasteiger partial charge in [0.1, 0.15) is 0 Å². The summed E-state index contributed by atoms with van der Waals surface area (Å²) in [5, 5.41) is 18.8. The number of rotatable bonds is 0. The molecule has 2 aliphatic heterocycles. The fourth-order valence-corrected chi connectivity index (χ4v) is 2.23. The van der Waals surface area contributed by atoms with E-state index in [1.807, 2.05) is 0 Å². The number of hydrogen-bond donors (Lipinski definition) is 2. The van der Waals surface area contributed by atoms with Crippen molar-refractivity contribution in [1.82, 2.24) is 4.90 Å². The van der Waals surface area contributed by atoms with E-state index in [-0.39, 0.29) is 6.04 Å². The Bertz CT molecular complexity index is 151. The molecule has 2 N–H and O–H groups in total. The highest BCUT2D eigenvalue weighted by Crippen LogP contribution is 2.26. The molecular weight excluding hydrogens is 142 g/mol. The number of fused-ring (bicyclic) bond motifs is 1. The van der Waals surface area contributed by atoms with Gasteiger partial charge in [-0.15, -0.1) is 0 Å². The summed E-state index contributed by atoms with van der Waals surface area (Å²) < 4.78 is 0. The number of aliphatic hydroxyl groups excluding tert-OH is 2. The molecule has 2 heterocycles. The number of piperidine rings is 1. The Kier molecular flexibility index (Phi) is 1.87. The van der Waals surface area contributed by atoms with Gasteiger partial charge >= 0.3 is 0 Å². The highest BCUT2D eigenvalue weighted by atomic mass is 16.3. The van der Waals surface area contributed by atoms with Crippen LogP contribution in [0.3, 0.4) is 0 Å². The maximum atomic E-state index is 9.50. The van der Waals surface area contributed by atoms with E-state index in [4.69, 9.17) is 0 Å². The minimum Gasteiger partial charge on any atom is -0.389 e. The second-order valence-corrected chi connectivity index (χ2v) is 3.62. The predicted octanol–water partition coefficient (Wildman–Crippen LogP) is -0.424. The second-order valence-electron chi connectivity index (χ2n) is 3.62. The van der Waals surface area contributed by atoms with Crippen molar-refractivity contribution in [2.45, 2.75) is 37.5 Å². The summed E-state index contributed by atoms with van der Waals surface area (Å²) in [7, 11) is 0. The number of aliphatic hydroxyl groups is 2. The molecule has 1 unspecified atom stereocenters. The minimum absolute atomic E-state index is 0.249. The minimum atomic E-state index is -0.502. The van der Waals surface area contributed by atoms with Gasteiger partial charge in [0.05, 0.1) is 12.2 Å². The largest absolute Gasteiger partial charge is 0.389 e. The predicted molar refractivity (Wildman–Crippen MR) is 41.2 cm³/mol. The topological polar surface area (TPSA) is 43.7 Å². The Labute approximate surface area is 66.6 Å². The van der Waals surface area contributed by atoms with Crippen LogP contribution in [-0.4, -0.2) is 46.5 Å². The van der Waals surface area contributed by atoms with Crippen LogP contribution in [-0.2, 0) is 0 Å². The Morgan fingerprint density at radius 3 is 2.73 bits per heavy atom. The quantitative estimate of drug-likeness (QED) is 0.502. The van der Waals surface area contributed by atoms with Gasteiger partial charge in [-0.1, -0.05) is 6.42 Å². The zero-order valence-electron chi connectivity index (χ0n) is 6.61. The van der Waals surface area contributed by atoms with Crippen molar-refractivity contribution in [1.29, 1.82) is 0 Å². The molecule has 3 atom stereocenters. The van der Waals surface area contributed by atoms with E-state index in [1.54, 1.807) is 0 Å². The van der Waals surface area contributed by atoms with Gasteiger partial charge in [0.2, 0.25) is 0 Å². The fraction of sp³-hybridized carbons (Fsp3) is 1.00. The Hall–Kier alpha value is -0.120. The van der Waals surface area contributed by atoms with Gasteiger partial charge in [-0.3, -0.25) is 4.90 Å². The average molecular weight is 157 g/mol. The normalized spacial score (nSPS) is 45.8. The van der Waals surface area contributed by atoms with E-state index in [0.29, 0.717) is 6.54 Å². The lowest BCUT2D eigenvalue weighted by Gasteiger charge is -2.29. The Balaban J connectivity index is 2.05. The van der Waals surface area contributed by atoms with Crippen LogP contribution in [0.25, 0.3) is 0 Å². The van der Waals surface area contributed by atoms with Crippen molar-refractivity contribution in [3.05, 3.63) is 0 Å². The summed E-state index contributed by atoms with van der Waals surface area (Å²) in [6, 6.07) is 0.249. The molecule has 0 saturated carbocycles. The molecule has 0 aromatic heterocycles. The van der Waals surface area contributed by atoms with E-state index >= 15 is 0 Å². The van der Waals surface area contributed by atoms with Crippen molar-refractivity contribution in [2.75, 3.05) is 13.1 Å². The molecule has 0 aromatic carbocycles. The van der Waals surface area contributed by atoms with Crippen LogP contribution in [0.5, 0.6) is 0 Å². The summed E-state index contributed by atoms with van der Waals surface area (Å²) in [6.07, 6.45) is 2.48. The number of hydrogen-bond acceptors (Lipinski definition) is 3. The van der Waals surface area contributed by atoms with Crippen LogP contribution >= 0.6 is 0 Å². The van der Waals surface area contributed by atoms with Crippen molar-refractivity contribution in [3.8, 4) is 0 Å². The van der Waals surface area contributed by atoms with E-state index in [1.165, 1.54) is 12.8 Å². The molecule has 3 heteroatoms. The second kappa shape index (κ2) is 2.73. The standard InChI is InChI=1S/C8H15NO2/c10-7-5-9-4-2-1-3-6(9)8(7)11/h6-8,10-11H,1-5H2/t6?,7-,8+/m1/s1. The summed E-state index contributed by atoms with van der Waals surface area (Å²) >= 11 is 0. The third-order valence-electron chi connectivity index (χ3n) is 2.87. The van der Waals surface area contributed by atoms with Crippen LogP contribution in [0, 0.1) is 0 Å². The Morgan fingerprint density at radius 1 is 1.18 bits per heavy atom. The van der Waals surface area contributed by atoms with E-state index < -0.39 is 12.2 Å². The van der Waals surface area contributed by atoms with Crippen LogP contribution < -0.4 is 0 Å². The molecule has 64 valence electrons. The molecule has 2 fully saturated rings. The Morgan fingerprint density at radius 2 is 2.00 bits per heavy atom. The molecule has 2 saturated heterocycles. The smallest absolute Gasteiger partial charge is 0.0966 e. The van der Waals surface area contributed by atoms with Crippen LogP contribution in [0.2, 0.25) is 0 Å². The average Bonchev–Trinajstić information content (AvgIpc) is 2.30. The van der Waals surface area contributed by atoms with Crippen molar-refractivity contribution in [3.63, 3.8) is 0 Å². The molecule has 2 rings (SSSR count). The van der Waals surface area contributed by atoms with Gasteiger partial charge < -0.3 is 10.2 Å². The highest BCUT2D eigenvalue weighted by molar-refractivity contribution is 4.94. The summed E-state index contributed by atoms with van der Waals surface area (Å²) in [6.45, 7) is 1.73. The maximum Gasteiger partial charge on any atom is 0.0966 e. The van der Waals surface area contributed by atoms with Crippen molar-refractivity contribution in [2.24, 2.45) is 0 Å². The lowest BCUT2D eigenvalue weighted by atomic mass is 10.0. The molecule has 11 heavy (non-hydrogen) atoms. The first-order valence-corrected chi connectivity index (χ1v) is 4.39. The molecule has 0 bridgehead atoms. The van der Waals surface area contributed by atoms with Gasteiger partial charge in [0, 0.05) is 12.6 Å². The molecule has 0 amide bonds. The molecular formula is C8H15NO2. The lowest BCUT2D eigenvalue weighted by molar-refractivity contribution is 0.0318. The molecule has 0 aliphatic carbocycles. The summed E-state index contributed by atoms with van der Waals surface area (Å²) in [5.41, 5.74) is 0. The van der Waals surface area contributed by atoms with Crippen LogP contribution in [0.1, 0.15) is 19.3 Å². The van der Waals surface area contributed by atoms with Crippen molar-refractivity contribution >= 4 is 0 Å². The molecule has 2 aliphatic rings. The fourth-order valence-electron chi connectivity index (χ4n) is 2.23. The molecule has 0 aromatic rings. The molecule has 0 spiro atoms. The lowest BCUT2D eigenvalue weighted by Crippen LogP contribution is -2.39. The first-order chi connectivity index (χ1) is 5.29. The highest BCUT2D eigenvalue weighted by Gasteiger charge is 2.40. The van der Waals surface area contributed by atoms with Gasteiger partial charge in [-0.05, 0) is 19.4 Å². The van der Waals surface area contributed by atoms with Crippen LogP contribution in [0.15, 0.2) is 0 Å². The summed E-state index contributed by atoms with van der Waals surface area (Å²) in [5.74, 6) is 0. The first kappa shape index (κ1) is 7.53. The van der Waals surface area contributed by atoms with Crippen LogP contribution in [0.4, 0.5) is 0 Å². The number of nitrogens with zero attached hydrogens (tertiary/aromatic N) is 1. The monoisotopic (exact) mass is 157 g/mol. The van der Waals surface area contributed by atoms with E-state index in [9.17, 15) is 10.2 Å². The van der Waals surface area contributed by atoms with E-state index in [0.717, 1.165) is 13.0 Å². The van der Waals surface area contributed by atoms with Gasteiger partial charge in [0.25, 0.3) is 0 Å². The SMILES string of the molecule is O[C@@H]1CN2CCCCC2[C@@H]1O. The third kappa shape index (κ3) is 1.17. The van der Waals surface area contributed by atoms with Gasteiger partial charge in [0.15, 0.2) is 0 Å². The molecule has 0 radical (unpaired) electrons. The maximum absolute atomic E-state index is 9.50. The van der Waals surface area contributed by atoms with Gasteiger partial charge in [-0.25, -0.2) is 0 Å². The van der Waals surface area contributed by atoms with Crippen molar-refractivity contribution < 1.29 is 10.2 Å². The zero-order chi connectivity index (χ0) is 7.84.